The van der Waals surface area contributed by atoms with E-state index in [0.717, 1.165) is 32.8 Å². The molecule has 0 unspecified atom stereocenters. The maximum atomic E-state index is 11.9. The smallest absolute Gasteiger partial charge is 0.338 e. The van der Waals surface area contributed by atoms with Gasteiger partial charge >= 0.3 is 17.8 Å². The van der Waals surface area contributed by atoms with Crippen LogP contribution in [0.3, 0.4) is 0 Å². The van der Waals surface area contributed by atoms with Gasteiger partial charge in [0.2, 0.25) is 0 Å². The van der Waals surface area contributed by atoms with E-state index in [1.807, 2.05) is 0 Å². The Morgan fingerprint density at radius 2 is 1.80 bits per heavy atom. The molecule has 1 fully saturated rings. The molecule has 1 heterocycles. The van der Waals surface area contributed by atoms with Crippen LogP contribution >= 0.6 is 0 Å². The van der Waals surface area contributed by atoms with E-state index in [9.17, 15) is 14.4 Å². The average Bonchev–Trinajstić information content (AvgIpc) is 2.63. The van der Waals surface area contributed by atoms with E-state index in [1.165, 1.54) is 17.0 Å². The van der Waals surface area contributed by atoms with Crippen LogP contribution < -0.4 is 15.5 Å². The van der Waals surface area contributed by atoms with E-state index in [0.29, 0.717) is 24.4 Å². The number of carbonyl (C=O) groups excluding carboxylic acids is 3. The third-order valence-electron chi connectivity index (χ3n) is 3.82. The SMILES string of the molecule is CCOC(=O)c1ccc(NC(=O)C(=O)NCC[NH+]2CCOCC2)cc1. The Morgan fingerprint density at radius 3 is 2.44 bits per heavy atom. The first-order valence-corrected chi connectivity index (χ1v) is 8.38. The zero-order valence-electron chi connectivity index (χ0n) is 14.3. The molecule has 2 amide bonds. The third kappa shape index (κ3) is 6.17. The molecular formula is C17H24N3O5+. The van der Waals surface area contributed by atoms with Crippen LogP contribution in [0.1, 0.15) is 17.3 Å². The van der Waals surface area contributed by atoms with Crippen LogP contribution in [0.15, 0.2) is 24.3 Å². The van der Waals surface area contributed by atoms with Crippen molar-refractivity contribution in [2.75, 3.05) is 51.3 Å². The second kappa shape index (κ2) is 9.75. The third-order valence-corrected chi connectivity index (χ3v) is 3.82. The number of anilines is 1. The predicted molar refractivity (Wildman–Crippen MR) is 90.4 cm³/mol. The standard InChI is InChI=1S/C17H23N3O5/c1-2-25-17(23)13-3-5-14(6-4-13)19-16(22)15(21)18-7-8-20-9-11-24-12-10-20/h3-6H,2,7-12H2,1H3,(H,18,21)(H,19,22)/p+1. The summed E-state index contributed by atoms with van der Waals surface area (Å²) < 4.78 is 10.1. The normalized spacial score (nSPS) is 14.6. The van der Waals surface area contributed by atoms with Crippen molar-refractivity contribution in [3.8, 4) is 0 Å². The first-order chi connectivity index (χ1) is 12.1. The van der Waals surface area contributed by atoms with E-state index in [1.54, 1.807) is 19.1 Å². The summed E-state index contributed by atoms with van der Waals surface area (Å²) in [6.45, 7) is 6.50. The summed E-state index contributed by atoms with van der Waals surface area (Å²) in [7, 11) is 0. The highest BCUT2D eigenvalue weighted by Crippen LogP contribution is 2.10. The number of morpholine rings is 1. The monoisotopic (exact) mass is 350 g/mol. The molecule has 0 radical (unpaired) electrons. The van der Waals surface area contributed by atoms with Gasteiger partial charge in [-0.05, 0) is 31.2 Å². The quantitative estimate of drug-likeness (QED) is 0.444. The number of ether oxygens (including phenoxy) is 2. The number of rotatable bonds is 6. The molecule has 0 bridgehead atoms. The topological polar surface area (TPSA) is 98.2 Å². The Bertz CT molecular complexity index is 597. The van der Waals surface area contributed by atoms with Gasteiger partial charge in [0, 0.05) is 5.69 Å². The van der Waals surface area contributed by atoms with Gasteiger partial charge in [0.25, 0.3) is 0 Å². The first-order valence-electron chi connectivity index (χ1n) is 8.38. The first kappa shape index (κ1) is 18.9. The van der Waals surface area contributed by atoms with Crippen molar-refractivity contribution in [1.82, 2.24) is 5.32 Å². The fourth-order valence-electron chi connectivity index (χ4n) is 2.44. The zero-order valence-corrected chi connectivity index (χ0v) is 14.3. The number of quaternary nitrogens is 1. The highest BCUT2D eigenvalue weighted by atomic mass is 16.5. The Balaban J connectivity index is 1.74. The molecule has 0 spiro atoms. The Morgan fingerprint density at radius 1 is 1.12 bits per heavy atom. The van der Waals surface area contributed by atoms with Gasteiger partial charge in [0.05, 0.1) is 38.5 Å². The molecule has 3 N–H and O–H groups in total. The minimum Gasteiger partial charge on any atom is -0.462 e. The van der Waals surface area contributed by atoms with Gasteiger partial charge in [0.15, 0.2) is 0 Å². The second-order valence-electron chi connectivity index (χ2n) is 5.62. The number of nitrogens with one attached hydrogen (secondary N) is 3. The number of hydrogen-bond donors (Lipinski definition) is 3. The lowest BCUT2D eigenvalue weighted by molar-refractivity contribution is -0.906. The zero-order chi connectivity index (χ0) is 18.1. The molecule has 0 saturated carbocycles. The molecule has 1 saturated heterocycles. The predicted octanol–water partition coefficient (Wildman–Crippen LogP) is -1.17. The van der Waals surface area contributed by atoms with Crippen molar-refractivity contribution < 1.29 is 28.8 Å². The molecule has 1 aliphatic rings. The van der Waals surface area contributed by atoms with Gasteiger partial charge < -0.3 is 25.0 Å². The highest BCUT2D eigenvalue weighted by molar-refractivity contribution is 6.39. The Labute approximate surface area is 146 Å². The Kier molecular flexibility index (Phi) is 7.36. The van der Waals surface area contributed by atoms with E-state index in [2.05, 4.69) is 10.6 Å². The minimum atomic E-state index is -0.735. The molecule has 136 valence electrons. The summed E-state index contributed by atoms with van der Waals surface area (Å²) in [6, 6.07) is 6.17. The average molecular weight is 350 g/mol. The fraction of sp³-hybridized carbons (Fsp3) is 0.471. The van der Waals surface area contributed by atoms with Gasteiger partial charge in [0.1, 0.15) is 13.1 Å². The highest BCUT2D eigenvalue weighted by Gasteiger charge is 2.17. The molecule has 1 aromatic rings. The van der Waals surface area contributed by atoms with Gasteiger partial charge in [-0.2, -0.15) is 0 Å². The van der Waals surface area contributed by atoms with Crippen LogP contribution in [0.2, 0.25) is 0 Å². The van der Waals surface area contributed by atoms with Crippen molar-refractivity contribution in [1.29, 1.82) is 0 Å². The number of amides is 2. The van der Waals surface area contributed by atoms with Crippen molar-refractivity contribution in [3.05, 3.63) is 29.8 Å². The van der Waals surface area contributed by atoms with Crippen LogP contribution in [0.5, 0.6) is 0 Å². The van der Waals surface area contributed by atoms with E-state index >= 15 is 0 Å². The summed E-state index contributed by atoms with van der Waals surface area (Å²) in [5, 5.41) is 5.11. The summed E-state index contributed by atoms with van der Waals surface area (Å²) in [5.41, 5.74) is 0.824. The van der Waals surface area contributed by atoms with E-state index in [4.69, 9.17) is 9.47 Å². The van der Waals surface area contributed by atoms with Gasteiger partial charge in [-0.15, -0.1) is 0 Å². The van der Waals surface area contributed by atoms with Crippen LogP contribution in [0, 0.1) is 0 Å². The lowest BCUT2D eigenvalue weighted by atomic mass is 10.2. The lowest BCUT2D eigenvalue weighted by Gasteiger charge is -2.23. The van der Waals surface area contributed by atoms with Gasteiger partial charge in [-0.1, -0.05) is 0 Å². The molecule has 8 nitrogen and oxygen atoms in total. The molecule has 2 rings (SSSR count). The summed E-state index contributed by atoms with van der Waals surface area (Å²) in [6.07, 6.45) is 0. The molecule has 1 aromatic carbocycles. The second-order valence-corrected chi connectivity index (χ2v) is 5.62. The van der Waals surface area contributed by atoms with Crippen molar-refractivity contribution >= 4 is 23.5 Å². The summed E-state index contributed by atoms with van der Waals surface area (Å²) in [5.74, 6) is -1.84. The summed E-state index contributed by atoms with van der Waals surface area (Å²) in [4.78, 5) is 36.6. The minimum absolute atomic E-state index is 0.295. The molecule has 25 heavy (non-hydrogen) atoms. The summed E-state index contributed by atoms with van der Waals surface area (Å²) >= 11 is 0. The largest absolute Gasteiger partial charge is 0.462 e. The van der Waals surface area contributed by atoms with Crippen molar-refractivity contribution in [2.24, 2.45) is 0 Å². The number of benzene rings is 1. The van der Waals surface area contributed by atoms with Crippen molar-refractivity contribution in [2.45, 2.75) is 6.92 Å². The fourth-order valence-corrected chi connectivity index (χ4v) is 2.44. The molecule has 8 heteroatoms. The maximum Gasteiger partial charge on any atom is 0.338 e. The lowest BCUT2D eigenvalue weighted by Crippen LogP contribution is -3.14. The van der Waals surface area contributed by atoms with Gasteiger partial charge in [-0.3, -0.25) is 9.59 Å². The molecule has 1 aliphatic heterocycles. The number of carbonyl (C=O) groups is 3. The molecular weight excluding hydrogens is 326 g/mol. The van der Waals surface area contributed by atoms with Crippen LogP contribution in [-0.4, -0.2) is 63.8 Å². The maximum absolute atomic E-state index is 11.9. The van der Waals surface area contributed by atoms with Crippen molar-refractivity contribution in [3.63, 3.8) is 0 Å². The molecule has 0 atom stereocenters. The number of hydrogen-bond acceptors (Lipinski definition) is 5. The van der Waals surface area contributed by atoms with Crippen LogP contribution in [0.4, 0.5) is 5.69 Å². The van der Waals surface area contributed by atoms with Crippen LogP contribution in [-0.2, 0) is 19.1 Å². The molecule has 0 aliphatic carbocycles. The van der Waals surface area contributed by atoms with E-state index in [-0.39, 0.29) is 0 Å². The van der Waals surface area contributed by atoms with Crippen LogP contribution in [0.25, 0.3) is 0 Å². The Hall–Kier alpha value is -2.45. The van der Waals surface area contributed by atoms with E-state index < -0.39 is 17.8 Å². The van der Waals surface area contributed by atoms with Gasteiger partial charge in [-0.25, -0.2) is 4.79 Å². The molecule has 0 aromatic heterocycles. The number of esters is 1.